The van der Waals surface area contributed by atoms with E-state index in [4.69, 9.17) is 39.5 Å². The van der Waals surface area contributed by atoms with Gasteiger partial charge in [0.05, 0.1) is 6.10 Å². The van der Waals surface area contributed by atoms with Gasteiger partial charge in [-0.15, -0.1) is 0 Å². The van der Waals surface area contributed by atoms with Gasteiger partial charge in [0, 0.05) is 0 Å². The van der Waals surface area contributed by atoms with Crippen LogP contribution >= 0.6 is 34.8 Å². The lowest BCUT2D eigenvalue weighted by Gasteiger charge is -2.31. The Hall–Kier alpha value is -1.07. The molecule has 0 aliphatic heterocycles. The van der Waals surface area contributed by atoms with E-state index >= 15 is 0 Å². The molecule has 24 heavy (non-hydrogen) atoms. The number of benzene rings is 2. The lowest BCUT2D eigenvalue weighted by molar-refractivity contribution is -0.255. The van der Waals surface area contributed by atoms with Gasteiger partial charge in [-0.05, 0) is 29.0 Å². The summed E-state index contributed by atoms with van der Waals surface area (Å²) in [6.07, 6.45) is 0.0373. The molecule has 0 radical (unpaired) electrons. The number of rotatable bonds is 4. The lowest BCUT2D eigenvalue weighted by Crippen LogP contribution is -2.30. The number of hydrogen-bond donors (Lipinski definition) is 0. The average molecular weight is 405 g/mol. The number of ether oxygens (including phenoxy) is 1. The monoisotopic (exact) mass is 403 g/mol. The Morgan fingerprint density at radius 3 is 2.21 bits per heavy atom. The van der Waals surface area contributed by atoms with Crippen LogP contribution in [0.25, 0.3) is 0 Å². The third-order valence-corrected chi connectivity index (χ3v) is 5.16. The topological polar surface area (TPSA) is 44.7 Å². The summed E-state index contributed by atoms with van der Waals surface area (Å²) in [4.78, 5) is 0.933. The maximum absolute atomic E-state index is 12.2. The fourth-order valence-electron chi connectivity index (χ4n) is 1.97. The van der Waals surface area contributed by atoms with Gasteiger partial charge in [0.15, 0.2) is 16.0 Å². The van der Waals surface area contributed by atoms with Crippen molar-refractivity contribution in [2.75, 3.05) is 6.26 Å². The molecule has 2 aromatic carbocycles. The summed E-state index contributed by atoms with van der Waals surface area (Å²) in [5, 5.41) is 12.2. The summed E-state index contributed by atoms with van der Waals surface area (Å²) in [6, 6.07) is 16.6. The Morgan fingerprint density at radius 2 is 1.67 bits per heavy atom. The molecule has 0 saturated carbocycles. The van der Waals surface area contributed by atoms with Crippen molar-refractivity contribution in [1.29, 1.82) is 0 Å². The van der Waals surface area contributed by atoms with E-state index in [1.165, 1.54) is 0 Å². The lowest BCUT2D eigenvalue weighted by atomic mass is 10.1. The highest BCUT2D eigenvalue weighted by Crippen LogP contribution is 2.42. The highest BCUT2D eigenvalue weighted by molar-refractivity contribution is 7.95. The molecular weight excluding hydrogens is 389 g/mol. The van der Waals surface area contributed by atoms with Crippen molar-refractivity contribution >= 4 is 52.0 Å². The molecule has 0 bridgehead atoms. The Balaban J connectivity index is 2.18. The highest BCUT2D eigenvalue weighted by atomic mass is 35.6. The smallest absolute Gasteiger partial charge is 0.206 e. The molecule has 2 rings (SSSR count). The fourth-order valence-corrected chi connectivity index (χ4v) is 3.39. The van der Waals surface area contributed by atoms with Crippen LogP contribution in [0.5, 0.6) is 0 Å². The van der Waals surface area contributed by atoms with Crippen molar-refractivity contribution in [2.24, 2.45) is 4.40 Å². The zero-order valence-electron chi connectivity index (χ0n) is 13.1. The van der Waals surface area contributed by atoms with Crippen LogP contribution < -0.4 is 5.11 Å². The zero-order valence-corrected chi connectivity index (χ0v) is 16.2. The number of alkyl halides is 3. The van der Waals surface area contributed by atoms with Crippen molar-refractivity contribution in [3.63, 3.8) is 0 Å². The van der Waals surface area contributed by atoms with Gasteiger partial charge in [-0.25, -0.2) is 0 Å². The van der Waals surface area contributed by atoms with Crippen molar-refractivity contribution < 1.29 is 9.84 Å². The predicted octanol–water partition coefficient (Wildman–Crippen LogP) is 4.36. The third-order valence-electron chi connectivity index (χ3n) is 3.19. The summed E-state index contributed by atoms with van der Waals surface area (Å²) < 4.78 is 7.58. The van der Waals surface area contributed by atoms with Gasteiger partial charge in [-0.3, -0.25) is 0 Å². The van der Waals surface area contributed by atoms with E-state index in [2.05, 4.69) is 4.40 Å². The van der Waals surface area contributed by atoms with E-state index in [0.717, 1.165) is 10.5 Å². The average Bonchev–Trinajstić information content (AvgIpc) is 2.53. The largest absolute Gasteiger partial charge is 0.585 e. The number of halogens is 3. The maximum atomic E-state index is 12.2. The van der Waals surface area contributed by atoms with Crippen LogP contribution in [-0.4, -0.2) is 16.1 Å². The summed E-state index contributed by atoms with van der Waals surface area (Å²) in [5.74, 6) is 0. The van der Waals surface area contributed by atoms with Crippen molar-refractivity contribution in [3.05, 3.63) is 65.7 Å². The van der Waals surface area contributed by atoms with E-state index in [0.29, 0.717) is 5.56 Å². The second kappa shape index (κ2) is 8.34. The molecule has 0 spiro atoms. The van der Waals surface area contributed by atoms with E-state index in [9.17, 15) is 5.11 Å². The molecule has 2 aromatic rings. The van der Waals surface area contributed by atoms with E-state index < -0.39 is 27.1 Å². The number of hydrogen-bond acceptors (Lipinski definition) is 3. The van der Waals surface area contributed by atoms with Gasteiger partial charge >= 0.3 is 0 Å². The standard InChI is InChI=1S/C17H16Cl3NO2S/c1-12-8-10-14(11-9-12)24(2)21-16(22)23-15(17(18,19)20)13-6-4-3-5-7-13/h3-11,15H,1-2H3/t15-,24?/m0/s1. The second-order valence-corrected chi connectivity index (χ2v) is 9.08. The van der Waals surface area contributed by atoms with Crippen LogP contribution in [0, 0.1) is 6.92 Å². The Morgan fingerprint density at radius 1 is 1.08 bits per heavy atom. The van der Waals surface area contributed by atoms with Crippen LogP contribution in [0.15, 0.2) is 63.9 Å². The Kier molecular flexibility index (Phi) is 6.70. The molecule has 0 amide bonds. The van der Waals surface area contributed by atoms with Crippen molar-refractivity contribution in [2.45, 2.75) is 21.7 Å². The van der Waals surface area contributed by atoms with Crippen LogP contribution in [0.3, 0.4) is 0 Å². The first-order valence-corrected chi connectivity index (χ1v) is 9.76. The van der Waals surface area contributed by atoms with Crippen LogP contribution in [0.2, 0.25) is 0 Å². The first-order chi connectivity index (χ1) is 11.3. The van der Waals surface area contributed by atoms with Gasteiger partial charge in [0.1, 0.15) is 6.26 Å². The number of nitrogens with zero attached hydrogens (tertiary/aromatic N) is 1. The number of aryl methyl sites for hydroxylation is 1. The molecule has 0 saturated heterocycles. The molecule has 128 valence electrons. The molecular formula is C17H16Cl3NO2S. The SMILES string of the molecule is Cc1ccc([S+](C)/N=C(\[O-])O[C@@H](c2ccccc2)C(Cl)(Cl)Cl)cc1. The molecule has 0 N–H and O–H groups in total. The molecule has 0 aliphatic rings. The predicted molar refractivity (Wildman–Crippen MR) is 101 cm³/mol. The minimum Gasteiger partial charge on any atom is -0.585 e. The zero-order chi connectivity index (χ0) is 17.7. The first-order valence-electron chi connectivity index (χ1n) is 7.04. The van der Waals surface area contributed by atoms with Gasteiger partial charge in [0.25, 0.3) is 0 Å². The van der Waals surface area contributed by atoms with Gasteiger partial charge < -0.3 is 9.84 Å². The Bertz CT molecular complexity index is 687. The van der Waals surface area contributed by atoms with Gasteiger partial charge in [-0.2, -0.15) is 0 Å². The molecule has 2 atom stereocenters. The van der Waals surface area contributed by atoms with Crippen LogP contribution in [-0.2, 0) is 15.8 Å². The molecule has 7 heteroatoms. The van der Waals surface area contributed by atoms with Crippen molar-refractivity contribution in [1.82, 2.24) is 0 Å². The van der Waals surface area contributed by atoms with E-state index in [1.54, 1.807) is 24.3 Å². The van der Waals surface area contributed by atoms with Crippen LogP contribution in [0.1, 0.15) is 17.2 Å². The summed E-state index contributed by atoms with van der Waals surface area (Å²) in [7, 11) is 0. The molecule has 3 nitrogen and oxygen atoms in total. The maximum Gasteiger partial charge on any atom is 0.206 e. The van der Waals surface area contributed by atoms with Crippen molar-refractivity contribution in [3.8, 4) is 0 Å². The highest BCUT2D eigenvalue weighted by Gasteiger charge is 2.32. The summed E-state index contributed by atoms with van der Waals surface area (Å²) in [6.45, 7) is 1.99. The molecule has 1 unspecified atom stereocenters. The normalized spacial score (nSPS) is 15.0. The molecule has 0 aromatic heterocycles. The van der Waals surface area contributed by atoms with E-state index in [1.807, 2.05) is 43.5 Å². The van der Waals surface area contributed by atoms with E-state index in [-0.39, 0.29) is 0 Å². The minimum absolute atomic E-state index is 0.590. The fraction of sp³-hybridized carbons (Fsp3) is 0.235. The Labute approximate surface area is 159 Å². The first kappa shape index (κ1) is 19.3. The summed E-state index contributed by atoms with van der Waals surface area (Å²) >= 11 is 17.2. The van der Waals surface area contributed by atoms with Gasteiger partial charge in [0.2, 0.25) is 9.88 Å². The molecule has 0 aliphatic carbocycles. The minimum atomic E-state index is -1.79. The molecule has 0 fully saturated rings. The quantitative estimate of drug-likeness (QED) is 0.329. The van der Waals surface area contributed by atoms with Crippen LogP contribution in [0.4, 0.5) is 0 Å². The van der Waals surface area contributed by atoms with Gasteiger partial charge in [-0.1, -0.05) is 82.8 Å². The second-order valence-electron chi connectivity index (χ2n) is 5.10. The molecule has 0 heterocycles. The summed E-state index contributed by atoms with van der Waals surface area (Å²) in [5.41, 5.74) is 1.73. The third kappa shape index (κ3) is 5.49.